The molecule has 0 spiro atoms. The maximum absolute atomic E-state index is 16.1. The van der Waals surface area contributed by atoms with Crippen LogP contribution in [0.2, 0.25) is 0 Å². The molecule has 458 valence electrons. The minimum atomic E-state index is -5.24. The topological polar surface area (TPSA) is 222 Å². The highest BCUT2D eigenvalue weighted by molar-refractivity contribution is 5.87. The van der Waals surface area contributed by atoms with Crippen LogP contribution in [0.4, 0.5) is 64.1 Å². The number of hydrogen-bond acceptors (Lipinski definition) is 13. The van der Waals surface area contributed by atoms with Gasteiger partial charge in [-0.3, -0.25) is 19.9 Å². The van der Waals surface area contributed by atoms with Crippen molar-refractivity contribution in [3.05, 3.63) is 101 Å². The molecule has 2 aliphatic heterocycles. The molecule has 5 N–H and O–H groups in total. The molecule has 4 aromatic rings. The molecule has 2 saturated heterocycles. The summed E-state index contributed by atoms with van der Waals surface area (Å²) in [6.07, 6.45) is -12.4. The average Bonchev–Trinajstić information content (AvgIpc) is 2.31. The smallest absolute Gasteiger partial charge is 0.410 e. The Balaban J connectivity index is 1.31. The number of aliphatic hydroxyl groups excluding tert-OH is 1. The fraction of sp³-hybridized carbons (Fsp3) is 0.509. The molecule has 4 heterocycles. The molecule has 6 unspecified atom stereocenters. The predicted octanol–water partition coefficient (Wildman–Crippen LogP) is 8.15. The van der Waals surface area contributed by atoms with Gasteiger partial charge in [0.25, 0.3) is 5.91 Å². The van der Waals surface area contributed by atoms with E-state index in [4.69, 9.17) is 4.74 Å². The first-order valence-electron chi connectivity index (χ1n) is 26.0. The highest BCUT2D eigenvalue weighted by Gasteiger charge is 2.57. The summed E-state index contributed by atoms with van der Waals surface area (Å²) in [5.74, 6) is 0.519. The molecule has 0 radical (unpaired) electrons. The van der Waals surface area contributed by atoms with Gasteiger partial charge in [-0.1, -0.05) is 24.0 Å². The zero-order chi connectivity index (χ0) is 62.4. The third-order valence-electron chi connectivity index (χ3n) is 14.3. The van der Waals surface area contributed by atoms with E-state index in [1.165, 1.54) is 24.3 Å². The lowest BCUT2D eigenvalue weighted by Crippen LogP contribution is -2.63. The molecule has 19 nitrogen and oxygen atoms in total. The zero-order valence-electron chi connectivity index (χ0n) is 47.0. The molecule has 2 aliphatic rings. The minimum Gasteiger partial charge on any atom is -0.453 e. The van der Waals surface area contributed by atoms with Gasteiger partial charge >= 0.3 is 37.2 Å². The number of rotatable bonds is 18. The van der Waals surface area contributed by atoms with Crippen molar-refractivity contribution >= 4 is 35.9 Å². The summed E-state index contributed by atoms with van der Waals surface area (Å²) >= 11 is 0. The van der Waals surface area contributed by atoms with Crippen molar-refractivity contribution in [1.29, 1.82) is 0 Å². The molecule has 84 heavy (non-hydrogen) atoms. The van der Waals surface area contributed by atoms with Gasteiger partial charge in [0.1, 0.15) is 35.1 Å². The van der Waals surface area contributed by atoms with Gasteiger partial charge in [0, 0.05) is 60.8 Å². The van der Waals surface area contributed by atoms with Gasteiger partial charge in [-0.05, 0) is 116 Å². The number of aliphatic hydroxyl groups is 1. The fourth-order valence-corrected chi connectivity index (χ4v) is 9.27. The Kier molecular flexibility index (Phi) is 20.2. The number of fused-ring (bicyclic) bond motifs is 2. The van der Waals surface area contributed by atoms with E-state index < -0.39 is 120 Å². The molecule has 2 bridgehead atoms. The van der Waals surface area contributed by atoms with Gasteiger partial charge in [-0.25, -0.2) is 37.8 Å². The molecule has 5 amide bonds. The number of alkyl halides is 8. The Morgan fingerprint density at radius 1 is 0.750 bits per heavy atom. The number of methoxy groups -OCH3 is 2. The summed E-state index contributed by atoms with van der Waals surface area (Å²) in [7, 11) is 1.59. The molecule has 0 saturated carbocycles. The number of aromatic nitrogens is 3. The van der Waals surface area contributed by atoms with Gasteiger partial charge in [0.05, 0.1) is 55.0 Å². The monoisotopic (exact) mass is 1200 g/mol. The van der Waals surface area contributed by atoms with E-state index in [0.29, 0.717) is 74.9 Å². The van der Waals surface area contributed by atoms with Gasteiger partial charge < -0.3 is 40.2 Å². The highest BCUT2D eigenvalue weighted by atomic mass is 19.4. The number of carbonyl (C=O) groups excluding carboxylic acids is 5. The minimum absolute atomic E-state index is 0.0576. The first-order valence-corrected chi connectivity index (χ1v) is 26.0. The zero-order valence-corrected chi connectivity index (χ0v) is 47.0. The first kappa shape index (κ1) is 65.3. The standard InChI is InChI=1S/C55H64F10N10O9/c1-51(2,3)84-50(81)75-34-17-18-35(75)27-72(26-34)42-19-16-32(25-66-42)15-12-30-10-13-31(14-11-30)22-40(67-45(77)43(68-48(79)82-8)52(4,5)54(60,61)62)41(76)29-73(71-46(78)44(69-49(80)83-9)53(6,7)55(63,64)65)28-36-37(56)23-33(24-38(36)57)39-20-21-74(70-39)47(58)59/h10-11,13-14,16,19-21,23-25,34-35,40-41,43-44,47,76H,17-18,22,26-29H2,1-9H3,(H,67,77)(H,68,79)(H,69,80)(H,71,78). The van der Waals surface area contributed by atoms with Crippen LogP contribution >= 0.6 is 0 Å². The lowest BCUT2D eigenvalue weighted by atomic mass is 9.82. The molecule has 2 aromatic carbocycles. The number of hydrogen-bond donors (Lipinski definition) is 5. The molecule has 2 aromatic heterocycles. The lowest BCUT2D eigenvalue weighted by Gasteiger charge is -2.41. The molecular formula is C55H64F10N10O9. The van der Waals surface area contributed by atoms with Crippen LogP contribution < -0.4 is 26.3 Å². The van der Waals surface area contributed by atoms with Crippen LogP contribution in [0.25, 0.3) is 11.3 Å². The van der Waals surface area contributed by atoms with Gasteiger partial charge in [0.15, 0.2) is 0 Å². The summed E-state index contributed by atoms with van der Waals surface area (Å²) in [6.45, 7) is 3.31. The van der Waals surface area contributed by atoms with E-state index in [-0.39, 0.29) is 39.7 Å². The Morgan fingerprint density at radius 3 is 1.75 bits per heavy atom. The van der Waals surface area contributed by atoms with Crippen LogP contribution in [-0.4, -0.2) is 148 Å². The van der Waals surface area contributed by atoms with Crippen LogP contribution in [-0.2, 0) is 36.8 Å². The van der Waals surface area contributed by atoms with E-state index in [9.17, 15) is 64.2 Å². The molecule has 29 heteroatoms. The average molecular weight is 1200 g/mol. The molecular weight excluding hydrogens is 1130 g/mol. The summed E-state index contributed by atoms with van der Waals surface area (Å²) in [5.41, 5.74) is -5.26. The number of nitrogens with one attached hydrogen (secondary N) is 4. The largest absolute Gasteiger partial charge is 0.453 e. The van der Waals surface area contributed by atoms with Crippen molar-refractivity contribution < 1.29 is 87.2 Å². The number of piperazine rings is 1. The number of benzene rings is 2. The molecule has 2 fully saturated rings. The summed E-state index contributed by atoms with van der Waals surface area (Å²) < 4.78 is 161. The fourth-order valence-electron chi connectivity index (χ4n) is 9.27. The van der Waals surface area contributed by atoms with E-state index in [1.54, 1.807) is 28.5 Å². The predicted molar refractivity (Wildman–Crippen MR) is 281 cm³/mol. The van der Waals surface area contributed by atoms with Crippen LogP contribution in [0.5, 0.6) is 0 Å². The quantitative estimate of drug-likeness (QED) is 0.0275. The van der Waals surface area contributed by atoms with E-state index >= 15 is 8.78 Å². The molecule has 6 atom stereocenters. The Labute approximate surface area is 476 Å². The Morgan fingerprint density at radius 2 is 1.27 bits per heavy atom. The number of ether oxygens (including phenoxy) is 3. The van der Waals surface area contributed by atoms with E-state index in [1.807, 2.05) is 31.5 Å². The number of pyridine rings is 1. The molecule has 6 rings (SSSR count). The first-order chi connectivity index (χ1) is 39.0. The number of amides is 5. The van der Waals surface area contributed by atoms with Crippen molar-refractivity contribution in [1.82, 2.24) is 46.0 Å². The number of halogens is 10. The van der Waals surface area contributed by atoms with E-state index in [2.05, 4.69) is 41.6 Å². The summed E-state index contributed by atoms with van der Waals surface area (Å²) in [4.78, 5) is 74.4. The number of alkyl carbamates (subject to hydrolysis) is 2. The van der Waals surface area contributed by atoms with Crippen LogP contribution in [0.1, 0.15) is 90.1 Å². The second kappa shape index (κ2) is 26.0. The maximum Gasteiger partial charge on any atom is 0.410 e. The van der Waals surface area contributed by atoms with E-state index in [0.717, 1.165) is 39.3 Å². The van der Waals surface area contributed by atoms with Crippen molar-refractivity contribution in [2.75, 3.05) is 38.8 Å². The van der Waals surface area contributed by atoms with Crippen LogP contribution in [0, 0.1) is 34.3 Å². The van der Waals surface area contributed by atoms with Crippen LogP contribution in [0.3, 0.4) is 0 Å². The molecule has 0 aliphatic carbocycles. The van der Waals surface area contributed by atoms with Gasteiger partial charge in [-0.2, -0.15) is 40.2 Å². The third-order valence-corrected chi connectivity index (χ3v) is 14.3. The Hall–Kier alpha value is -7.87. The normalized spacial score (nSPS) is 17.1. The van der Waals surface area contributed by atoms with Crippen molar-refractivity contribution in [2.45, 2.75) is 135 Å². The SMILES string of the molecule is COC(=O)NC(C(=O)NC(Cc1ccc(C#Cc2ccc(N3CC4CCC(C3)N4C(=O)OC(C)(C)C)nc2)cc1)C(O)CN(Cc1c(F)cc(-c2ccn(C(F)F)n2)cc1F)NC(=O)C(NC(=O)OC)C(C)(C)C(F)(F)F)C(C)(C)C(F)(F)F. The number of carbonyl (C=O) groups is 5. The maximum atomic E-state index is 16.1. The number of anilines is 1. The van der Waals surface area contributed by atoms with Crippen molar-refractivity contribution in [3.8, 4) is 23.1 Å². The second-order valence-electron chi connectivity index (χ2n) is 22.2. The summed E-state index contributed by atoms with van der Waals surface area (Å²) in [5, 5.41) is 22.0. The van der Waals surface area contributed by atoms with Crippen molar-refractivity contribution in [2.24, 2.45) is 10.8 Å². The highest BCUT2D eigenvalue weighted by Crippen LogP contribution is 2.42. The van der Waals surface area contributed by atoms with Crippen molar-refractivity contribution in [3.63, 3.8) is 0 Å². The third kappa shape index (κ3) is 15.9. The second-order valence-corrected chi connectivity index (χ2v) is 22.2. The Bertz CT molecular complexity index is 3030. The number of nitrogens with zero attached hydrogens (tertiary/aromatic N) is 6. The van der Waals surface area contributed by atoms with Crippen LogP contribution in [0.15, 0.2) is 67.0 Å². The number of hydrazine groups is 1. The summed E-state index contributed by atoms with van der Waals surface area (Å²) in [6, 6.07) is 4.87. The lowest BCUT2D eigenvalue weighted by molar-refractivity contribution is -0.221. The van der Waals surface area contributed by atoms with Gasteiger partial charge in [0.2, 0.25) is 5.91 Å². The van der Waals surface area contributed by atoms with Gasteiger partial charge in [-0.15, -0.1) is 0 Å².